The lowest BCUT2D eigenvalue weighted by Crippen LogP contribution is -2.39. The number of carbonyl (C=O) groups is 1. The van der Waals surface area contributed by atoms with Gasteiger partial charge in [0.1, 0.15) is 58.5 Å². The lowest BCUT2D eigenvalue weighted by Gasteiger charge is -2.36. The van der Waals surface area contributed by atoms with Crippen LogP contribution in [0.25, 0.3) is 5.76 Å². The van der Waals surface area contributed by atoms with E-state index in [0.29, 0.717) is 41.0 Å². The van der Waals surface area contributed by atoms with Crippen molar-refractivity contribution in [2.24, 2.45) is 5.92 Å². The van der Waals surface area contributed by atoms with Crippen molar-refractivity contribution in [2.45, 2.75) is 90.2 Å². The first-order valence-corrected chi connectivity index (χ1v) is 26.3. The molecule has 1 aliphatic carbocycles. The van der Waals surface area contributed by atoms with Crippen LogP contribution in [0.4, 0.5) is 44.2 Å². The van der Waals surface area contributed by atoms with E-state index in [1.54, 1.807) is 98.2 Å². The van der Waals surface area contributed by atoms with E-state index in [1.807, 2.05) is 0 Å². The number of sulfonamides is 1. The number of methoxy groups -OCH3 is 2. The zero-order chi connectivity index (χ0) is 54.2. The van der Waals surface area contributed by atoms with Crippen LogP contribution in [0.2, 0.25) is 0 Å². The standard InChI is InChI=1S/C52H58ClF5N8O8S/c1-30-26-38(64(27-32-11-15-35(70-6)16-12-32)28-33-13-17-36(71-7)18-14-33)60-43(40(30)52(56,57)58)41-42(53)44-39-45(51(41,54)55)61-48(73-29-34-19-22-65(23-20-34)75(8,68)69)63-47(39)66(24-25-72-44)31(2)37-10-9-21-59-46(37)62-49(67)74-50(3,4)5/h9-18,21,26,31,34,41H,19-20,22-25,27-29H2,1-8H3,(H,59,62,67)/t31-,41?/m1/s1. The summed E-state index contributed by atoms with van der Waals surface area (Å²) in [5, 5.41) is 1.91. The van der Waals surface area contributed by atoms with E-state index in [1.165, 1.54) is 37.7 Å². The minimum atomic E-state index is -5.21. The third kappa shape index (κ3) is 12.1. The molecule has 0 radical (unpaired) electrons. The van der Waals surface area contributed by atoms with E-state index in [0.717, 1.165) is 6.26 Å². The summed E-state index contributed by atoms with van der Waals surface area (Å²) in [4.78, 5) is 34.3. The van der Waals surface area contributed by atoms with E-state index in [2.05, 4.69) is 20.3 Å². The molecule has 0 saturated carbocycles. The first-order valence-electron chi connectivity index (χ1n) is 24.1. The Bertz CT molecular complexity index is 3000. The first kappa shape index (κ1) is 54.7. The normalized spacial score (nSPS) is 17.6. The highest BCUT2D eigenvalue weighted by atomic mass is 35.5. The van der Waals surface area contributed by atoms with Gasteiger partial charge in [-0.05, 0) is 106 Å². The molecule has 2 atom stereocenters. The molecule has 8 rings (SSSR count). The second-order valence-corrected chi connectivity index (χ2v) is 22.0. The number of hydrogen-bond donors (Lipinski definition) is 1. The third-order valence-corrected chi connectivity index (χ3v) is 14.8. The summed E-state index contributed by atoms with van der Waals surface area (Å²) in [5.74, 6) is -6.55. The molecule has 75 heavy (non-hydrogen) atoms. The molecule has 3 aliphatic rings. The Balaban J connectivity index is 1.27. The van der Waals surface area contributed by atoms with Crippen molar-refractivity contribution in [1.82, 2.24) is 24.2 Å². The van der Waals surface area contributed by atoms with Crippen molar-refractivity contribution in [3.8, 4) is 17.5 Å². The third-order valence-electron chi connectivity index (χ3n) is 13.1. The topological polar surface area (TPSA) is 171 Å². The predicted octanol–water partition coefficient (Wildman–Crippen LogP) is 10.6. The summed E-state index contributed by atoms with van der Waals surface area (Å²) in [6.45, 7) is 8.17. The maximum atomic E-state index is 18.3. The molecule has 1 unspecified atom stereocenters. The second kappa shape index (κ2) is 21.6. The average molecular weight is 1090 g/mol. The maximum absolute atomic E-state index is 18.3. The summed E-state index contributed by atoms with van der Waals surface area (Å²) in [5.41, 5.74) is -3.30. The summed E-state index contributed by atoms with van der Waals surface area (Å²) in [6.07, 6.45) is -2.68. The molecule has 1 amide bonds. The molecule has 0 bridgehead atoms. The van der Waals surface area contributed by atoms with Gasteiger partial charge in [0.2, 0.25) is 10.0 Å². The minimum absolute atomic E-state index is 0.0506. The first-order chi connectivity index (χ1) is 35.4. The van der Waals surface area contributed by atoms with Crippen LogP contribution in [0.5, 0.6) is 17.5 Å². The number of pyridine rings is 2. The van der Waals surface area contributed by atoms with Crippen molar-refractivity contribution in [3.05, 3.63) is 123 Å². The van der Waals surface area contributed by atoms with Crippen LogP contribution in [-0.4, -0.2) is 97.7 Å². The Hall–Kier alpha value is -6.52. The number of benzene rings is 2. The molecule has 2 aromatic carbocycles. The highest BCUT2D eigenvalue weighted by Crippen LogP contribution is 2.59. The van der Waals surface area contributed by atoms with Gasteiger partial charge in [-0.2, -0.15) is 31.9 Å². The van der Waals surface area contributed by atoms with Crippen LogP contribution >= 0.6 is 11.6 Å². The van der Waals surface area contributed by atoms with Crippen LogP contribution in [0.15, 0.2) is 78.0 Å². The number of aryl methyl sites for hydroxylation is 1. The summed E-state index contributed by atoms with van der Waals surface area (Å²) in [7, 11) is -0.438. The number of ether oxygens (including phenoxy) is 5. The Morgan fingerprint density at radius 2 is 1.56 bits per heavy atom. The van der Waals surface area contributed by atoms with Crippen LogP contribution < -0.4 is 29.3 Å². The highest BCUT2D eigenvalue weighted by Gasteiger charge is 2.57. The van der Waals surface area contributed by atoms with Gasteiger partial charge in [-0.15, -0.1) is 0 Å². The molecule has 1 N–H and O–H groups in total. The van der Waals surface area contributed by atoms with E-state index >= 15 is 22.0 Å². The number of piperidine rings is 1. The molecule has 5 heterocycles. The Morgan fingerprint density at radius 1 is 0.947 bits per heavy atom. The summed E-state index contributed by atoms with van der Waals surface area (Å²) in [6, 6.07) is 17.2. The number of carbonyl (C=O) groups excluding carboxylic acids is 1. The van der Waals surface area contributed by atoms with Gasteiger partial charge in [0.15, 0.2) is 0 Å². The van der Waals surface area contributed by atoms with Gasteiger partial charge in [0.25, 0.3) is 0 Å². The predicted molar refractivity (Wildman–Crippen MR) is 272 cm³/mol. The lowest BCUT2D eigenvalue weighted by atomic mass is 9.82. The van der Waals surface area contributed by atoms with Gasteiger partial charge < -0.3 is 33.5 Å². The molecular formula is C52H58ClF5N8O8S. The fourth-order valence-electron chi connectivity index (χ4n) is 9.43. The van der Waals surface area contributed by atoms with Crippen molar-refractivity contribution >= 4 is 50.9 Å². The van der Waals surface area contributed by atoms with E-state index in [-0.39, 0.29) is 80.6 Å². The molecule has 1 saturated heterocycles. The number of rotatable bonds is 15. The van der Waals surface area contributed by atoms with Crippen LogP contribution in [-0.2, 0) is 44.7 Å². The van der Waals surface area contributed by atoms with Crippen molar-refractivity contribution in [1.29, 1.82) is 0 Å². The number of nitrogens with one attached hydrogen (secondary N) is 1. The number of anilines is 3. The van der Waals surface area contributed by atoms with E-state index in [4.69, 9.17) is 40.3 Å². The quantitative estimate of drug-likeness (QED) is 0.0982. The molecule has 3 aromatic heterocycles. The Labute approximate surface area is 437 Å². The fourth-order valence-corrected chi connectivity index (χ4v) is 10.7. The maximum Gasteiger partial charge on any atom is 0.418 e. The van der Waals surface area contributed by atoms with Crippen LogP contribution in [0, 0.1) is 12.8 Å². The van der Waals surface area contributed by atoms with Gasteiger partial charge in [0.05, 0.1) is 61.5 Å². The average Bonchev–Trinajstić information content (AvgIpc) is 3.54. The molecule has 402 valence electrons. The van der Waals surface area contributed by atoms with Gasteiger partial charge in [-0.3, -0.25) is 5.32 Å². The molecule has 23 heteroatoms. The monoisotopic (exact) mass is 1080 g/mol. The van der Waals surface area contributed by atoms with Crippen molar-refractivity contribution < 1.29 is 58.8 Å². The molecule has 1 fully saturated rings. The van der Waals surface area contributed by atoms with Gasteiger partial charge in [0, 0.05) is 37.9 Å². The smallest absolute Gasteiger partial charge is 0.418 e. The molecule has 0 spiro atoms. The fraction of sp³-hybridized carbons (Fsp3) is 0.442. The molecule has 5 aromatic rings. The largest absolute Gasteiger partial charge is 0.497 e. The van der Waals surface area contributed by atoms with Crippen LogP contribution in [0.3, 0.4) is 0 Å². The Morgan fingerprint density at radius 3 is 2.12 bits per heavy atom. The highest BCUT2D eigenvalue weighted by molar-refractivity contribution is 7.88. The van der Waals surface area contributed by atoms with Gasteiger partial charge >= 0.3 is 24.2 Å². The molecular weight excluding hydrogens is 1030 g/mol. The SMILES string of the molecule is COc1ccc(CN(Cc2ccc(OC)cc2)c2cc(C)c(C(F)(F)F)c(C3C(Cl)=C4OCCN([C@H](C)c5cccnc5NC(=O)OC(C)(C)C)c5nc(OCC6CCN(S(C)(=O)=O)CC6)nc(c54)C3(F)F)n2)cc1. The second-order valence-electron chi connectivity index (χ2n) is 19.6. The van der Waals surface area contributed by atoms with E-state index in [9.17, 15) is 13.2 Å². The van der Waals surface area contributed by atoms with Crippen LogP contribution in [0.1, 0.15) is 97.3 Å². The van der Waals surface area contributed by atoms with Gasteiger partial charge in [-0.1, -0.05) is 41.9 Å². The number of nitrogens with zero attached hydrogens (tertiary/aromatic N) is 7. The summed E-state index contributed by atoms with van der Waals surface area (Å²) >= 11 is 7.13. The lowest BCUT2D eigenvalue weighted by molar-refractivity contribution is -0.140. The van der Waals surface area contributed by atoms with Gasteiger partial charge in [-0.25, -0.2) is 27.5 Å². The van der Waals surface area contributed by atoms with Crippen molar-refractivity contribution in [3.63, 3.8) is 0 Å². The number of amides is 1. The zero-order valence-corrected chi connectivity index (χ0v) is 44.2. The zero-order valence-electron chi connectivity index (χ0n) is 42.6. The number of allylic oxidation sites excluding steroid dienone is 1. The molecule has 16 nitrogen and oxygen atoms in total. The number of aromatic nitrogens is 4. The van der Waals surface area contributed by atoms with E-state index < -0.39 is 79.3 Å². The number of alkyl halides is 5. The number of hydrogen-bond acceptors (Lipinski definition) is 14. The number of halogens is 6. The Kier molecular flexibility index (Phi) is 15.8. The van der Waals surface area contributed by atoms with Crippen molar-refractivity contribution in [2.75, 3.05) is 68.4 Å². The summed E-state index contributed by atoms with van der Waals surface area (Å²) < 4.78 is 138. The molecule has 2 aliphatic heterocycles. The minimum Gasteiger partial charge on any atom is -0.497 e.